The number of carbonyl (C=O) groups excluding carboxylic acids is 1. The second kappa shape index (κ2) is 8.67. The van der Waals surface area contributed by atoms with E-state index in [2.05, 4.69) is 27.7 Å². The third kappa shape index (κ3) is 5.20. The largest absolute Gasteiger partial charge is 0.326 e. The summed E-state index contributed by atoms with van der Waals surface area (Å²) in [5.74, 6) is 0.858. The molecule has 2 heterocycles. The lowest BCUT2D eigenvalue weighted by atomic mass is 9.88. The first-order valence-corrected chi connectivity index (χ1v) is 8.53. The van der Waals surface area contributed by atoms with Crippen LogP contribution in [0.4, 0.5) is 5.69 Å². The zero-order valence-corrected chi connectivity index (χ0v) is 14.7. The molecule has 1 atom stereocenters. The molecular formula is C18H28ClN3O. The molecule has 2 aliphatic heterocycles. The van der Waals surface area contributed by atoms with Crippen LogP contribution in [0, 0.1) is 5.92 Å². The van der Waals surface area contributed by atoms with Gasteiger partial charge in [-0.3, -0.25) is 9.69 Å². The summed E-state index contributed by atoms with van der Waals surface area (Å²) in [4.78, 5) is 13.6. The molecule has 0 spiro atoms. The SMILES string of the molecule is CC(=O)Nc1ccc(CN2CCC(C3CCCN3)CC2)cc1.Cl. The van der Waals surface area contributed by atoms with Crippen LogP contribution >= 0.6 is 12.4 Å². The number of anilines is 1. The zero-order valence-electron chi connectivity index (χ0n) is 13.9. The van der Waals surface area contributed by atoms with E-state index in [0.29, 0.717) is 0 Å². The molecule has 128 valence electrons. The van der Waals surface area contributed by atoms with E-state index in [4.69, 9.17) is 0 Å². The van der Waals surface area contributed by atoms with Gasteiger partial charge in [0.05, 0.1) is 0 Å². The summed E-state index contributed by atoms with van der Waals surface area (Å²) < 4.78 is 0. The van der Waals surface area contributed by atoms with Crippen LogP contribution in [0.1, 0.15) is 38.2 Å². The van der Waals surface area contributed by atoms with E-state index in [1.54, 1.807) is 0 Å². The number of benzene rings is 1. The van der Waals surface area contributed by atoms with E-state index in [1.807, 2.05) is 12.1 Å². The Morgan fingerprint density at radius 1 is 1.22 bits per heavy atom. The summed E-state index contributed by atoms with van der Waals surface area (Å²) in [6.45, 7) is 6.18. The van der Waals surface area contributed by atoms with Gasteiger partial charge in [0.25, 0.3) is 0 Å². The minimum absolute atomic E-state index is 0. The highest BCUT2D eigenvalue weighted by Gasteiger charge is 2.28. The van der Waals surface area contributed by atoms with Crippen molar-refractivity contribution in [1.29, 1.82) is 0 Å². The second-order valence-electron chi connectivity index (χ2n) is 6.69. The Labute approximate surface area is 145 Å². The predicted octanol–water partition coefficient (Wildman–Crippen LogP) is 3.03. The molecule has 2 N–H and O–H groups in total. The molecule has 1 aromatic carbocycles. The van der Waals surface area contributed by atoms with Crippen LogP contribution in [0.5, 0.6) is 0 Å². The lowest BCUT2D eigenvalue weighted by molar-refractivity contribution is -0.114. The summed E-state index contributed by atoms with van der Waals surface area (Å²) in [7, 11) is 0. The van der Waals surface area contributed by atoms with Crippen molar-refractivity contribution < 1.29 is 4.79 Å². The van der Waals surface area contributed by atoms with Crippen molar-refractivity contribution in [3.05, 3.63) is 29.8 Å². The summed E-state index contributed by atoms with van der Waals surface area (Å²) in [5, 5.41) is 6.47. The number of likely N-dealkylation sites (tertiary alicyclic amines) is 1. The number of amides is 1. The fraction of sp³-hybridized carbons (Fsp3) is 0.611. The molecular weight excluding hydrogens is 310 g/mol. The Balaban J connectivity index is 0.00000192. The van der Waals surface area contributed by atoms with Crippen LogP contribution in [-0.2, 0) is 11.3 Å². The van der Waals surface area contributed by atoms with E-state index in [-0.39, 0.29) is 18.3 Å². The lowest BCUT2D eigenvalue weighted by Gasteiger charge is -2.35. The Kier molecular flexibility index (Phi) is 6.88. The summed E-state index contributed by atoms with van der Waals surface area (Å²) in [6, 6.07) is 9.00. The highest BCUT2D eigenvalue weighted by atomic mass is 35.5. The zero-order chi connectivity index (χ0) is 15.4. The highest BCUT2D eigenvalue weighted by Crippen LogP contribution is 2.26. The van der Waals surface area contributed by atoms with Crippen LogP contribution in [0.3, 0.4) is 0 Å². The van der Waals surface area contributed by atoms with Gasteiger partial charge in [-0.15, -0.1) is 12.4 Å². The lowest BCUT2D eigenvalue weighted by Crippen LogP contribution is -2.40. The number of halogens is 1. The Morgan fingerprint density at radius 3 is 2.48 bits per heavy atom. The van der Waals surface area contributed by atoms with E-state index >= 15 is 0 Å². The molecule has 0 radical (unpaired) electrons. The van der Waals surface area contributed by atoms with E-state index in [0.717, 1.165) is 24.2 Å². The maximum atomic E-state index is 11.0. The van der Waals surface area contributed by atoms with Crippen LogP contribution in [0.25, 0.3) is 0 Å². The first-order chi connectivity index (χ1) is 10.7. The van der Waals surface area contributed by atoms with Gasteiger partial charge in [0.15, 0.2) is 0 Å². The average Bonchev–Trinajstić information content (AvgIpc) is 3.04. The van der Waals surface area contributed by atoms with Gasteiger partial charge in [-0.25, -0.2) is 0 Å². The van der Waals surface area contributed by atoms with Gasteiger partial charge in [-0.1, -0.05) is 12.1 Å². The molecule has 0 aliphatic carbocycles. The molecule has 2 aliphatic rings. The Hall–Kier alpha value is -1.10. The average molecular weight is 338 g/mol. The van der Waals surface area contributed by atoms with Crippen molar-refractivity contribution in [3.63, 3.8) is 0 Å². The monoisotopic (exact) mass is 337 g/mol. The molecule has 1 unspecified atom stereocenters. The van der Waals surface area contributed by atoms with Gasteiger partial charge in [0.2, 0.25) is 5.91 Å². The van der Waals surface area contributed by atoms with Gasteiger partial charge >= 0.3 is 0 Å². The normalized spacial score (nSPS) is 22.6. The van der Waals surface area contributed by atoms with Crippen LogP contribution in [0.15, 0.2) is 24.3 Å². The third-order valence-electron chi connectivity index (χ3n) is 4.98. The van der Waals surface area contributed by atoms with Crippen molar-refractivity contribution >= 4 is 24.0 Å². The van der Waals surface area contributed by atoms with Gasteiger partial charge in [-0.2, -0.15) is 0 Å². The van der Waals surface area contributed by atoms with Gasteiger partial charge in [0.1, 0.15) is 0 Å². The summed E-state index contributed by atoms with van der Waals surface area (Å²) in [5.41, 5.74) is 2.20. The minimum Gasteiger partial charge on any atom is -0.326 e. The molecule has 2 fully saturated rings. The molecule has 0 saturated carbocycles. The van der Waals surface area contributed by atoms with Gasteiger partial charge in [-0.05, 0) is 68.9 Å². The summed E-state index contributed by atoms with van der Waals surface area (Å²) in [6.07, 6.45) is 5.37. The molecule has 3 rings (SSSR count). The number of hydrogen-bond acceptors (Lipinski definition) is 3. The Bertz CT molecular complexity index is 491. The van der Waals surface area contributed by atoms with Crippen molar-refractivity contribution in [3.8, 4) is 0 Å². The predicted molar refractivity (Wildman–Crippen MR) is 97.0 cm³/mol. The molecule has 0 bridgehead atoms. The molecule has 4 nitrogen and oxygen atoms in total. The van der Waals surface area contributed by atoms with Crippen molar-refractivity contribution in [1.82, 2.24) is 10.2 Å². The topological polar surface area (TPSA) is 44.4 Å². The smallest absolute Gasteiger partial charge is 0.221 e. The van der Waals surface area contributed by atoms with Crippen LogP contribution < -0.4 is 10.6 Å². The first-order valence-electron chi connectivity index (χ1n) is 8.53. The molecule has 0 aromatic heterocycles. The van der Waals surface area contributed by atoms with Crippen molar-refractivity contribution in [2.24, 2.45) is 5.92 Å². The van der Waals surface area contributed by atoms with Crippen LogP contribution in [-0.4, -0.2) is 36.5 Å². The van der Waals surface area contributed by atoms with Crippen molar-refractivity contribution in [2.45, 2.75) is 45.2 Å². The third-order valence-corrected chi connectivity index (χ3v) is 4.98. The molecule has 2 saturated heterocycles. The van der Waals surface area contributed by atoms with Gasteiger partial charge < -0.3 is 10.6 Å². The standard InChI is InChI=1S/C18H27N3O.ClH/c1-14(22)20-17-6-4-15(5-7-17)13-21-11-8-16(9-12-21)18-3-2-10-19-18;/h4-7,16,18-19H,2-3,8-13H2,1H3,(H,20,22);1H. The fourth-order valence-corrected chi connectivity index (χ4v) is 3.78. The van der Waals surface area contributed by atoms with E-state index < -0.39 is 0 Å². The highest BCUT2D eigenvalue weighted by molar-refractivity contribution is 5.88. The second-order valence-corrected chi connectivity index (χ2v) is 6.69. The summed E-state index contributed by atoms with van der Waals surface area (Å²) >= 11 is 0. The number of rotatable bonds is 4. The number of carbonyl (C=O) groups is 1. The number of piperidine rings is 1. The molecule has 1 amide bonds. The molecule has 1 aromatic rings. The number of nitrogens with zero attached hydrogens (tertiary/aromatic N) is 1. The van der Waals surface area contributed by atoms with E-state index in [9.17, 15) is 4.79 Å². The van der Waals surface area contributed by atoms with Crippen molar-refractivity contribution in [2.75, 3.05) is 25.0 Å². The maximum absolute atomic E-state index is 11.0. The quantitative estimate of drug-likeness (QED) is 0.887. The maximum Gasteiger partial charge on any atom is 0.221 e. The fourth-order valence-electron chi connectivity index (χ4n) is 3.78. The molecule has 5 heteroatoms. The number of hydrogen-bond donors (Lipinski definition) is 2. The Morgan fingerprint density at radius 2 is 1.91 bits per heavy atom. The number of nitrogens with one attached hydrogen (secondary N) is 2. The molecule has 23 heavy (non-hydrogen) atoms. The van der Waals surface area contributed by atoms with Gasteiger partial charge in [0, 0.05) is 25.2 Å². The minimum atomic E-state index is -0.0182. The van der Waals surface area contributed by atoms with Crippen LogP contribution in [0.2, 0.25) is 0 Å². The van der Waals surface area contributed by atoms with E-state index in [1.165, 1.54) is 57.8 Å². The first kappa shape index (κ1) is 18.2.